The number of nitrogens with two attached hydrogens (primary N) is 1. The number of hydrogen-bond donors (Lipinski definition) is 1. The number of halogens is 3. The predicted octanol–water partition coefficient (Wildman–Crippen LogP) is 4.05. The number of benzene rings is 1. The summed E-state index contributed by atoms with van der Waals surface area (Å²) < 4.78 is 41.8. The summed E-state index contributed by atoms with van der Waals surface area (Å²) in [5, 5.41) is 8.39. The van der Waals surface area contributed by atoms with Gasteiger partial charge in [-0.1, -0.05) is 0 Å². The standard InChI is InChI=1S/C24H22F3N7O2/c1-14-10-17-11-16(4-6-19(17)31-21(14)28)23(35)34(15(2)22-29-8-3-9-30-22)12-18-5-7-20(33-32-18)36-13-24(25,26)27/h3-11,15H,12-13H2,1-2H3,(H2,28,31)/t15-/m1/s1. The molecule has 0 radical (unpaired) electrons. The molecule has 3 heterocycles. The van der Waals surface area contributed by atoms with E-state index in [2.05, 4.69) is 29.9 Å². The number of carbonyl (C=O) groups is 1. The zero-order chi connectivity index (χ0) is 25.9. The molecule has 186 valence electrons. The van der Waals surface area contributed by atoms with Gasteiger partial charge in [-0.05, 0) is 55.8 Å². The first-order valence-electron chi connectivity index (χ1n) is 10.9. The topological polar surface area (TPSA) is 120 Å². The number of carbonyl (C=O) groups excluding carboxylic acids is 1. The summed E-state index contributed by atoms with van der Waals surface area (Å²) in [6.45, 7) is 2.13. The SMILES string of the molecule is Cc1cc2cc(C(=O)N(Cc3ccc(OCC(F)(F)F)nn3)[C@H](C)c3ncccn3)ccc2nc1N. The molecule has 0 aliphatic rings. The van der Waals surface area contributed by atoms with E-state index in [0.717, 1.165) is 10.9 Å². The Bertz CT molecular complexity index is 1370. The number of nitrogen functional groups attached to an aromatic ring is 1. The van der Waals surface area contributed by atoms with Crippen LogP contribution in [-0.4, -0.2) is 48.7 Å². The van der Waals surface area contributed by atoms with Gasteiger partial charge in [0.05, 0.1) is 23.8 Å². The van der Waals surface area contributed by atoms with Crippen molar-refractivity contribution in [2.45, 2.75) is 32.6 Å². The van der Waals surface area contributed by atoms with Crippen molar-refractivity contribution in [1.82, 2.24) is 30.0 Å². The van der Waals surface area contributed by atoms with Crippen LogP contribution in [0, 0.1) is 6.92 Å². The number of amides is 1. The van der Waals surface area contributed by atoms with E-state index in [1.54, 1.807) is 43.6 Å². The van der Waals surface area contributed by atoms with Crippen molar-refractivity contribution in [3.63, 3.8) is 0 Å². The van der Waals surface area contributed by atoms with Gasteiger partial charge in [0, 0.05) is 29.4 Å². The lowest BCUT2D eigenvalue weighted by atomic mass is 10.1. The van der Waals surface area contributed by atoms with Crippen LogP contribution in [0.5, 0.6) is 5.88 Å². The fourth-order valence-electron chi connectivity index (χ4n) is 3.49. The van der Waals surface area contributed by atoms with Gasteiger partial charge in [-0.25, -0.2) is 15.0 Å². The van der Waals surface area contributed by atoms with Gasteiger partial charge in [0.15, 0.2) is 6.61 Å². The maximum atomic E-state index is 13.7. The summed E-state index contributed by atoms with van der Waals surface area (Å²) in [6.07, 6.45) is -1.35. The van der Waals surface area contributed by atoms with Crippen LogP contribution in [0.25, 0.3) is 10.9 Å². The van der Waals surface area contributed by atoms with Crippen molar-refractivity contribution in [2.75, 3.05) is 12.3 Å². The first-order chi connectivity index (χ1) is 17.1. The molecule has 1 aromatic carbocycles. The van der Waals surface area contributed by atoms with Gasteiger partial charge < -0.3 is 15.4 Å². The van der Waals surface area contributed by atoms with Crippen LogP contribution in [0.4, 0.5) is 19.0 Å². The second-order valence-electron chi connectivity index (χ2n) is 8.08. The fourth-order valence-corrected chi connectivity index (χ4v) is 3.49. The van der Waals surface area contributed by atoms with Gasteiger partial charge in [0.25, 0.3) is 5.91 Å². The van der Waals surface area contributed by atoms with Gasteiger partial charge in [0.1, 0.15) is 11.6 Å². The molecule has 3 aromatic heterocycles. The molecule has 4 aromatic rings. The van der Waals surface area contributed by atoms with Crippen molar-refractivity contribution in [2.24, 2.45) is 0 Å². The van der Waals surface area contributed by atoms with Crippen molar-refractivity contribution in [3.05, 3.63) is 77.5 Å². The Morgan fingerprint density at radius 3 is 2.53 bits per heavy atom. The van der Waals surface area contributed by atoms with Gasteiger partial charge in [-0.2, -0.15) is 18.3 Å². The van der Waals surface area contributed by atoms with Crippen LogP contribution in [0.3, 0.4) is 0 Å². The molecule has 0 saturated heterocycles. The number of aryl methyl sites for hydroxylation is 1. The van der Waals surface area contributed by atoms with Crippen LogP contribution in [-0.2, 0) is 6.54 Å². The van der Waals surface area contributed by atoms with Crippen LogP contribution >= 0.6 is 0 Å². The minimum absolute atomic E-state index is 0.00184. The van der Waals surface area contributed by atoms with E-state index in [4.69, 9.17) is 5.73 Å². The first kappa shape index (κ1) is 24.8. The minimum atomic E-state index is -4.49. The third-order valence-electron chi connectivity index (χ3n) is 5.39. The largest absolute Gasteiger partial charge is 0.467 e. The summed E-state index contributed by atoms with van der Waals surface area (Å²) in [4.78, 5) is 28.0. The zero-order valence-corrected chi connectivity index (χ0v) is 19.4. The number of hydrogen-bond acceptors (Lipinski definition) is 8. The molecule has 1 amide bonds. The second-order valence-corrected chi connectivity index (χ2v) is 8.08. The number of fused-ring (bicyclic) bond motifs is 1. The van der Waals surface area contributed by atoms with E-state index < -0.39 is 18.8 Å². The minimum Gasteiger partial charge on any atom is -0.467 e. The zero-order valence-electron chi connectivity index (χ0n) is 19.4. The van der Waals surface area contributed by atoms with E-state index >= 15 is 0 Å². The molecule has 9 nitrogen and oxygen atoms in total. The highest BCUT2D eigenvalue weighted by atomic mass is 19.4. The quantitative estimate of drug-likeness (QED) is 0.406. The summed E-state index contributed by atoms with van der Waals surface area (Å²) in [7, 11) is 0. The molecular formula is C24H22F3N7O2. The fraction of sp³-hybridized carbons (Fsp3) is 0.250. The Labute approximate surface area is 204 Å². The number of nitrogens with zero attached hydrogens (tertiary/aromatic N) is 6. The maximum Gasteiger partial charge on any atom is 0.422 e. The number of pyridine rings is 1. The van der Waals surface area contributed by atoms with Gasteiger partial charge >= 0.3 is 6.18 Å². The van der Waals surface area contributed by atoms with E-state index in [1.165, 1.54) is 17.0 Å². The molecule has 2 N–H and O–H groups in total. The summed E-state index contributed by atoms with van der Waals surface area (Å²) in [5.74, 6) is 0.227. The Kier molecular flexibility index (Phi) is 6.95. The third-order valence-corrected chi connectivity index (χ3v) is 5.39. The lowest BCUT2D eigenvalue weighted by Crippen LogP contribution is -2.34. The lowest BCUT2D eigenvalue weighted by Gasteiger charge is -2.28. The van der Waals surface area contributed by atoms with Crippen molar-refractivity contribution in [1.29, 1.82) is 0 Å². The lowest BCUT2D eigenvalue weighted by molar-refractivity contribution is -0.154. The second kappa shape index (κ2) is 10.1. The number of rotatable bonds is 7. The average Bonchev–Trinajstić information content (AvgIpc) is 2.86. The average molecular weight is 497 g/mol. The van der Waals surface area contributed by atoms with Gasteiger partial charge in [-0.3, -0.25) is 4.79 Å². The molecule has 0 spiro atoms. The molecule has 4 rings (SSSR count). The molecule has 36 heavy (non-hydrogen) atoms. The molecule has 0 bridgehead atoms. The first-order valence-corrected chi connectivity index (χ1v) is 10.9. The monoisotopic (exact) mass is 497 g/mol. The Balaban J connectivity index is 1.63. The predicted molar refractivity (Wildman–Crippen MR) is 125 cm³/mol. The Hall–Kier alpha value is -4.35. The van der Waals surface area contributed by atoms with E-state index in [1.807, 2.05) is 13.0 Å². The highest BCUT2D eigenvalue weighted by Gasteiger charge is 2.29. The Morgan fingerprint density at radius 2 is 1.86 bits per heavy atom. The molecule has 0 aliphatic carbocycles. The highest BCUT2D eigenvalue weighted by molar-refractivity contribution is 5.98. The van der Waals surface area contributed by atoms with E-state index in [0.29, 0.717) is 28.4 Å². The number of ether oxygens (including phenoxy) is 1. The molecular weight excluding hydrogens is 475 g/mol. The van der Waals surface area contributed by atoms with Crippen LogP contribution in [0.15, 0.2) is 54.9 Å². The van der Waals surface area contributed by atoms with E-state index in [9.17, 15) is 18.0 Å². The van der Waals surface area contributed by atoms with Crippen LogP contribution < -0.4 is 10.5 Å². The molecule has 0 aliphatic heterocycles. The van der Waals surface area contributed by atoms with Crippen LogP contribution in [0.2, 0.25) is 0 Å². The number of anilines is 1. The van der Waals surface area contributed by atoms with E-state index in [-0.39, 0.29) is 18.3 Å². The summed E-state index contributed by atoms with van der Waals surface area (Å²) >= 11 is 0. The molecule has 0 unspecified atom stereocenters. The summed E-state index contributed by atoms with van der Waals surface area (Å²) in [5.41, 5.74) is 8.08. The smallest absolute Gasteiger partial charge is 0.422 e. The molecule has 0 saturated carbocycles. The van der Waals surface area contributed by atoms with Crippen molar-refractivity contribution in [3.8, 4) is 5.88 Å². The summed E-state index contributed by atoms with van der Waals surface area (Å²) in [6, 6.07) is 10.8. The number of alkyl halides is 3. The normalized spacial score (nSPS) is 12.4. The van der Waals surface area contributed by atoms with Gasteiger partial charge in [0.2, 0.25) is 5.88 Å². The maximum absolute atomic E-state index is 13.7. The third kappa shape index (κ3) is 5.82. The van der Waals surface area contributed by atoms with Crippen molar-refractivity contribution < 1.29 is 22.7 Å². The molecule has 0 fully saturated rings. The molecule has 1 atom stereocenters. The highest BCUT2D eigenvalue weighted by Crippen LogP contribution is 2.25. The van der Waals surface area contributed by atoms with Crippen LogP contribution in [0.1, 0.15) is 40.4 Å². The number of aromatic nitrogens is 5. The van der Waals surface area contributed by atoms with Crippen molar-refractivity contribution >= 4 is 22.6 Å². The molecule has 12 heteroatoms. The Morgan fingerprint density at radius 1 is 1.11 bits per heavy atom. The van der Waals surface area contributed by atoms with Gasteiger partial charge in [-0.15, -0.1) is 5.10 Å².